The quantitative estimate of drug-likeness (QED) is 0.340. The van der Waals surface area contributed by atoms with Gasteiger partial charge in [0.15, 0.2) is 0 Å². The fourth-order valence-electron chi connectivity index (χ4n) is 0.884. The molecule has 0 saturated heterocycles. The van der Waals surface area contributed by atoms with Gasteiger partial charge in [-0.1, -0.05) is 6.07 Å². The second kappa shape index (κ2) is 3.40. The van der Waals surface area contributed by atoms with Gasteiger partial charge in [0.25, 0.3) is 10.9 Å². The molecule has 1 aromatic carbocycles. The van der Waals surface area contributed by atoms with Gasteiger partial charge >= 0.3 is 0 Å². The van der Waals surface area contributed by atoms with Gasteiger partial charge < -0.3 is 5.73 Å². The van der Waals surface area contributed by atoms with E-state index in [9.17, 15) is 14.9 Å². The Morgan fingerprint density at radius 1 is 1.54 bits per heavy atom. The third kappa shape index (κ3) is 1.75. The van der Waals surface area contributed by atoms with Crippen LogP contribution in [0, 0.1) is 10.1 Å². The molecule has 5 nitrogen and oxygen atoms in total. The van der Waals surface area contributed by atoms with Crippen LogP contribution in [-0.4, -0.2) is 10.2 Å². The minimum absolute atomic E-state index is 0.0455. The monoisotopic (exact) mass is 200 g/mol. The van der Waals surface area contributed by atoms with Gasteiger partial charge in [-0.3, -0.25) is 14.9 Å². The molecule has 0 aliphatic heterocycles. The third-order valence-electron chi connectivity index (χ3n) is 1.49. The molecule has 0 radical (unpaired) electrons. The Labute approximate surface area is 78.3 Å². The van der Waals surface area contributed by atoms with Crippen molar-refractivity contribution in [3.05, 3.63) is 33.9 Å². The van der Waals surface area contributed by atoms with Crippen LogP contribution >= 0.6 is 11.6 Å². The Kier molecular flexibility index (Phi) is 2.48. The van der Waals surface area contributed by atoms with Crippen molar-refractivity contribution >= 4 is 28.2 Å². The van der Waals surface area contributed by atoms with Crippen LogP contribution in [-0.2, 0) is 0 Å². The topological polar surface area (TPSA) is 86.2 Å². The van der Waals surface area contributed by atoms with E-state index >= 15 is 0 Å². The fraction of sp³-hybridized carbons (Fsp3) is 0. The van der Waals surface area contributed by atoms with Crippen molar-refractivity contribution in [2.24, 2.45) is 0 Å². The number of nitrogens with zero attached hydrogens (tertiary/aromatic N) is 1. The van der Waals surface area contributed by atoms with Crippen molar-refractivity contribution in [3.63, 3.8) is 0 Å². The highest BCUT2D eigenvalue weighted by Crippen LogP contribution is 2.25. The summed E-state index contributed by atoms with van der Waals surface area (Å²) < 4.78 is 0. The van der Waals surface area contributed by atoms with E-state index in [1.165, 1.54) is 18.2 Å². The molecule has 0 atom stereocenters. The summed E-state index contributed by atoms with van der Waals surface area (Å²) in [7, 11) is 0. The number of hydrogen-bond acceptors (Lipinski definition) is 4. The number of benzene rings is 1. The minimum atomic E-state index is -0.804. The van der Waals surface area contributed by atoms with Crippen LogP contribution in [0.3, 0.4) is 0 Å². The number of para-hydroxylation sites is 1. The van der Waals surface area contributed by atoms with Gasteiger partial charge in [0.05, 0.1) is 10.5 Å². The maximum atomic E-state index is 10.7. The van der Waals surface area contributed by atoms with Crippen LogP contribution in [0.5, 0.6) is 0 Å². The molecule has 0 aromatic heterocycles. The van der Waals surface area contributed by atoms with Crippen LogP contribution < -0.4 is 5.73 Å². The van der Waals surface area contributed by atoms with E-state index in [1.54, 1.807) is 0 Å². The molecule has 0 bridgehead atoms. The Hall–Kier alpha value is -1.62. The molecule has 1 aromatic rings. The predicted octanol–water partition coefficient (Wildman–Crippen LogP) is 1.56. The van der Waals surface area contributed by atoms with Gasteiger partial charge in [0.2, 0.25) is 0 Å². The van der Waals surface area contributed by atoms with E-state index in [2.05, 4.69) is 0 Å². The molecule has 0 heterocycles. The minimum Gasteiger partial charge on any atom is -0.393 e. The molecule has 2 N–H and O–H groups in total. The zero-order chi connectivity index (χ0) is 10.0. The van der Waals surface area contributed by atoms with Crippen LogP contribution in [0.1, 0.15) is 10.4 Å². The summed E-state index contributed by atoms with van der Waals surface area (Å²) in [5.41, 5.74) is 4.78. The molecule has 1 rings (SSSR count). The maximum Gasteiger partial charge on any atom is 0.292 e. The molecule has 0 aliphatic rings. The Morgan fingerprint density at radius 3 is 2.62 bits per heavy atom. The molecule has 0 spiro atoms. The largest absolute Gasteiger partial charge is 0.393 e. The number of halogens is 1. The summed E-state index contributed by atoms with van der Waals surface area (Å²) in [4.78, 5) is 20.4. The first-order valence-electron chi connectivity index (χ1n) is 3.26. The molecule has 68 valence electrons. The molecule has 0 unspecified atom stereocenters. The van der Waals surface area contributed by atoms with Crippen LogP contribution in [0.2, 0.25) is 0 Å². The number of nitro groups is 1. The zero-order valence-corrected chi connectivity index (χ0v) is 7.12. The standard InChI is InChI=1S/C7H5ClN2O3/c8-7(11)4-2-1-3-5(6(4)9)10(12)13/h1-3H,9H2. The Bertz CT molecular complexity index is 346. The van der Waals surface area contributed by atoms with Crippen molar-refractivity contribution in [1.82, 2.24) is 0 Å². The van der Waals surface area contributed by atoms with Crippen molar-refractivity contribution in [2.45, 2.75) is 0 Å². The Morgan fingerprint density at radius 2 is 2.15 bits per heavy atom. The SMILES string of the molecule is Nc1c(C(=O)Cl)cccc1[N+](=O)[O-]. The summed E-state index contributed by atoms with van der Waals surface area (Å²) in [5, 5.41) is 9.56. The lowest BCUT2D eigenvalue weighted by molar-refractivity contribution is -0.383. The molecular weight excluding hydrogens is 196 g/mol. The van der Waals surface area contributed by atoms with Crippen molar-refractivity contribution < 1.29 is 9.72 Å². The fourth-order valence-corrected chi connectivity index (χ4v) is 1.05. The van der Waals surface area contributed by atoms with Gasteiger partial charge in [0.1, 0.15) is 5.69 Å². The maximum absolute atomic E-state index is 10.7. The predicted molar refractivity (Wildman–Crippen MR) is 47.7 cm³/mol. The van der Waals surface area contributed by atoms with Gasteiger partial charge in [-0.05, 0) is 17.7 Å². The van der Waals surface area contributed by atoms with Crippen molar-refractivity contribution in [2.75, 3.05) is 5.73 Å². The van der Waals surface area contributed by atoms with Crippen LogP contribution in [0.15, 0.2) is 18.2 Å². The number of rotatable bonds is 2. The molecule has 0 saturated carbocycles. The lowest BCUT2D eigenvalue weighted by Crippen LogP contribution is -2.01. The van der Waals surface area contributed by atoms with Gasteiger partial charge in [-0.25, -0.2) is 0 Å². The molecule has 6 heteroatoms. The van der Waals surface area contributed by atoms with Crippen molar-refractivity contribution in [3.8, 4) is 0 Å². The average molecular weight is 201 g/mol. The lowest BCUT2D eigenvalue weighted by atomic mass is 10.2. The van der Waals surface area contributed by atoms with Gasteiger partial charge in [-0.15, -0.1) is 0 Å². The number of anilines is 1. The zero-order valence-electron chi connectivity index (χ0n) is 6.36. The molecule has 0 amide bonds. The first kappa shape index (κ1) is 9.47. The smallest absolute Gasteiger partial charge is 0.292 e. The van der Waals surface area contributed by atoms with Crippen molar-refractivity contribution in [1.29, 1.82) is 0 Å². The summed E-state index contributed by atoms with van der Waals surface area (Å²) >= 11 is 5.14. The second-order valence-corrected chi connectivity index (χ2v) is 2.61. The number of nitrogen functional groups attached to an aromatic ring is 1. The summed E-state index contributed by atoms with van der Waals surface area (Å²) in [6.45, 7) is 0. The second-order valence-electron chi connectivity index (χ2n) is 2.27. The summed E-state index contributed by atoms with van der Waals surface area (Å²) in [5.74, 6) is 0. The highest BCUT2D eigenvalue weighted by molar-refractivity contribution is 6.68. The average Bonchev–Trinajstić information content (AvgIpc) is 2.03. The molecule has 0 aliphatic carbocycles. The first-order chi connectivity index (χ1) is 6.04. The summed E-state index contributed by atoms with van der Waals surface area (Å²) in [6.07, 6.45) is 0. The normalized spacial score (nSPS) is 9.62. The first-order valence-corrected chi connectivity index (χ1v) is 3.64. The number of carbonyl (C=O) groups excluding carboxylic acids is 1. The van der Waals surface area contributed by atoms with Gasteiger partial charge in [0, 0.05) is 6.07 Å². The highest BCUT2D eigenvalue weighted by atomic mass is 35.5. The van der Waals surface area contributed by atoms with E-state index in [-0.39, 0.29) is 16.9 Å². The van der Waals surface area contributed by atoms with E-state index in [1.807, 2.05) is 0 Å². The summed E-state index contributed by atoms with van der Waals surface area (Å²) in [6, 6.07) is 3.89. The molecular formula is C7H5ClN2O3. The molecule has 13 heavy (non-hydrogen) atoms. The Balaban J connectivity index is 3.35. The van der Waals surface area contributed by atoms with Crippen LogP contribution in [0.25, 0.3) is 0 Å². The van der Waals surface area contributed by atoms with E-state index in [0.29, 0.717) is 0 Å². The van der Waals surface area contributed by atoms with E-state index in [0.717, 1.165) is 0 Å². The number of nitro benzene ring substituents is 1. The lowest BCUT2D eigenvalue weighted by Gasteiger charge is -1.99. The number of nitrogens with two attached hydrogens (primary N) is 1. The van der Waals surface area contributed by atoms with E-state index in [4.69, 9.17) is 17.3 Å². The highest BCUT2D eigenvalue weighted by Gasteiger charge is 2.17. The number of carbonyl (C=O) groups is 1. The number of hydrogen-bond donors (Lipinski definition) is 1. The third-order valence-corrected chi connectivity index (χ3v) is 1.70. The van der Waals surface area contributed by atoms with Crippen LogP contribution in [0.4, 0.5) is 11.4 Å². The van der Waals surface area contributed by atoms with Gasteiger partial charge in [-0.2, -0.15) is 0 Å². The van der Waals surface area contributed by atoms with E-state index < -0.39 is 10.2 Å². The molecule has 0 fully saturated rings.